The van der Waals surface area contributed by atoms with E-state index in [-0.39, 0.29) is 12.6 Å². The first kappa shape index (κ1) is 16.7. The molecule has 0 spiro atoms. The second-order valence-electron chi connectivity index (χ2n) is 7.05. The number of piperidine rings is 1. The molecule has 3 rings (SSSR count). The van der Waals surface area contributed by atoms with E-state index in [0.29, 0.717) is 32.2 Å². The predicted octanol–water partition coefficient (Wildman–Crippen LogP) is 0.704. The van der Waals surface area contributed by atoms with E-state index in [2.05, 4.69) is 4.72 Å². The zero-order chi connectivity index (χ0) is 16.7. The van der Waals surface area contributed by atoms with Crippen LogP contribution in [0.3, 0.4) is 0 Å². The Kier molecular flexibility index (Phi) is 4.39. The lowest BCUT2D eigenvalue weighted by Gasteiger charge is -2.34. The van der Waals surface area contributed by atoms with E-state index < -0.39 is 32.6 Å². The molecule has 7 nitrogen and oxygen atoms in total. The van der Waals surface area contributed by atoms with Gasteiger partial charge in [-0.3, -0.25) is 9.59 Å². The summed E-state index contributed by atoms with van der Waals surface area (Å²) in [6, 6.07) is 0.0138. The van der Waals surface area contributed by atoms with Crippen LogP contribution in [0, 0.1) is 5.41 Å². The monoisotopic (exact) mass is 344 g/mol. The number of rotatable bonds is 5. The van der Waals surface area contributed by atoms with Crippen molar-refractivity contribution in [3.05, 3.63) is 0 Å². The van der Waals surface area contributed by atoms with Crippen LogP contribution < -0.4 is 4.72 Å². The highest BCUT2D eigenvalue weighted by molar-refractivity contribution is 7.90. The number of sulfonamides is 1. The third-order valence-electron chi connectivity index (χ3n) is 5.36. The van der Waals surface area contributed by atoms with Gasteiger partial charge < -0.3 is 10.0 Å². The lowest BCUT2D eigenvalue weighted by molar-refractivity contribution is -0.153. The fourth-order valence-corrected chi connectivity index (χ4v) is 5.44. The maximum Gasteiger partial charge on any atom is 0.319 e. The van der Waals surface area contributed by atoms with Crippen LogP contribution >= 0.6 is 0 Å². The summed E-state index contributed by atoms with van der Waals surface area (Å²) in [4.78, 5) is 25.2. The Balaban J connectivity index is 1.66. The van der Waals surface area contributed by atoms with E-state index in [0.717, 1.165) is 25.7 Å². The van der Waals surface area contributed by atoms with Gasteiger partial charge in [0.2, 0.25) is 15.9 Å². The summed E-state index contributed by atoms with van der Waals surface area (Å²) in [7, 11) is -3.47. The number of hydrogen-bond acceptors (Lipinski definition) is 4. The number of carboxylic acid groups (broad SMARTS) is 1. The minimum absolute atomic E-state index is 0.0138. The SMILES string of the molecule is O=C(O)C1(C(=O)N2CCCC(S(=O)(=O)NC3CCCC3)C2)CC1. The van der Waals surface area contributed by atoms with Gasteiger partial charge in [-0.05, 0) is 38.5 Å². The number of carbonyl (C=O) groups is 2. The van der Waals surface area contributed by atoms with E-state index in [1.807, 2.05) is 0 Å². The van der Waals surface area contributed by atoms with Crippen molar-refractivity contribution in [1.29, 1.82) is 0 Å². The minimum Gasteiger partial charge on any atom is -0.480 e. The lowest BCUT2D eigenvalue weighted by atomic mass is 10.0. The maximum atomic E-state index is 12.5. The molecule has 2 saturated carbocycles. The van der Waals surface area contributed by atoms with E-state index in [1.165, 1.54) is 4.90 Å². The summed E-state index contributed by atoms with van der Waals surface area (Å²) in [6.07, 6.45) is 5.66. The quantitative estimate of drug-likeness (QED) is 0.715. The molecule has 0 aromatic rings. The van der Waals surface area contributed by atoms with Crippen LogP contribution in [0.4, 0.5) is 0 Å². The van der Waals surface area contributed by atoms with E-state index >= 15 is 0 Å². The van der Waals surface area contributed by atoms with Crippen LogP contribution in [-0.2, 0) is 19.6 Å². The fourth-order valence-electron chi connectivity index (χ4n) is 3.70. The van der Waals surface area contributed by atoms with Crippen molar-refractivity contribution in [2.24, 2.45) is 5.41 Å². The Bertz CT molecular complexity index is 593. The van der Waals surface area contributed by atoms with Gasteiger partial charge >= 0.3 is 5.97 Å². The summed E-state index contributed by atoms with van der Waals surface area (Å²) in [5.74, 6) is -1.50. The van der Waals surface area contributed by atoms with Crippen molar-refractivity contribution in [1.82, 2.24) is 9.62 Å². The molecule has 130 valence electrons. The first-order valence-corrected chi connectivity index (χ1v) is 9.94. The smallest absolute Gasteiger partial charge is 0.319 e. The van der Waals surface area contributed by atoms with Crippen LogP contribution in [-0.4, -0.2) is 54.7 Å². The number of hydrogen-bond donors (Lipinski definition) is 2. The minimum atomic E-state index is -3.47. The third kappa shape index (κ3) is 3.24. The molecule has 0 radical (unpaired) electrons. The number of nitrogens with zero attached hydrogens (tertiary/aromatic N) is 1. The summed E-state index contributed by atoms with van der Waals surface area (Å²) in [6.45, 7) is 0.555. The molecule has 0 bridgehead atoms. The van der Waals surface area contributed by atoms with E-state index in [4.69, 9.17) is 0 Å². The van der Waals surface area contributed by atoms with Crippen LogP contribution in [0.2, 0.25) is 0 Å². The Morgan fingerprint density at radius 3 is 2.30 bits per heavy atom. The fraction of sp³-hybridized carbons (Fsp3) is 0.867. The van der Waals surface area contributed by atoms with Crippen LogP contribution in [0.15, 0.2) is 0 Å². The van der Waals surface area contributed by atoms with Gasteiger partial charge in [0.15, 0.2) is 0 Å². The largest absolute Gasteiger partial charge is 0.480 e. The molecule has 1 atom stereocenters. The van der Waals surface area contributed by atoms with Gasteiger partial charge in [0.1, 0.15) is 5.41 Å². The molecule has 3 fully saturated rings. The van der Waals surface area contributed by atoms with Crippen molar-refractivity contribution < 1.29 is 23.1 Å². The topological polar surface area (TPSA) is 104 Å². The van der Waals surface area contributed by atoms with Gasteiger partial charge in [-0.2, -0.15) is 0 Å². The molecular formula is C15H24N2O5S. The Morgan fingerprint density at radius 2 is 1.74 bits per heavy atom. The zero-order valence-electron chi connectivity index (χ0n) is 13.2. The molecule has 2 aliphatic carbocycles. The third-order valence-corrected chi connectivity index (χ3v) is 7.28. The summed E-state index contributed by atoms with van der Waals surface area (Å²) in [5, 5.41) is 8.61. The van der Waals surface area contributed by atoms with Crippen molar-refractivity contribution in [2.75, 3.05) is 13.1 Å². The number of aliphatic carboxylic acids is 1. The van der Waals surface area contributed by atoms with Crippen molar-refractivity contribution in [3.8, 4) is 0 Å². The van der Waals surface area contributed by atoms with Crippen LogP contribution in [0.25, 0.3) is 0 Å². The molecule has 23 heavy (non-hydrogen) atoms. The second kappa shape index (κ2) is 6.05. The first-order chi connectivity index (χ1) is 10.8. The second-order valence-corrected chi connectivity index (χ2v) is 9.04. The number of carbonyl (C=O) groups excluding carboxylic acids is 1. The highest BCUT2D eigenvalue weighted by Gasteiger charge is 2.59. The number of amides is 1. The Hall–Kier alpha value is -1.15. The average Bonchev–Trinajstić information content (AvgIpc) is 3.19. The molecule has 1 saturated heterocycles. The Labute approximate surface area is 136 Å². The molecule has 1 heterocycles. The number of likely N-dealkylation sites (tertiary alicyclic amines) is 1. The van der Waals surface area contributed by atoms with Crippen molar-refractivity contribution in [3.63, 3.8) is 0 Å². The molecule has 1 unspecified atom stereocenters. The Morgan fingerprint density at radius 1 is 1.09 bits per heavy atom. The molecule has 3 aliphatic rings. The highest BCUT2D eigenvalue weighted by Crippen LogP contribution is 2.47. The molecule has 2 N–H and O–H groups in total. The maximum absolute atomic E-state index is 12.5. The van der Waals surface area contributed by atoms with Crippen molar-refractivity contribution >= 4 is 21.9 Å². The summed E-state index contributed by atoms with van der Waals surface area (Å²) >= 11 is 0. The van der Waals surface area contributed by atoms with Gasteiger partial charge in [0.25, 0.3) is 0 Å². The van der Waals surface area contributed by atoms with Gasteiger partial charge in [0.05, 0.1) is 5.25 Å². The highest BCUT2D eigenvalue weighted by atomic mass is 32.2. The molecule has 1 aliphatic heterocycles. The van der Waals surface area contributed by atoms with Gasteiger partial charge in [-0.25, -0.2) is 13.1 Å². The van der Waals surface area contributed by atoms with Gasteiger partial charge in [-0.1, -0.05) is 12.8 Å². The average molecular weight is 344 g/mol. The number of carboxylic acids is 1. The normalized spacial score (nSPS) is 27.8. The van der Waals surface area contributed by atoms with Gasteiger partial charge in [-0.15, -0.1) is 0 Å². The van der Waals surface area contributed by atoms with Crippen LogP contribution in [0.1, 0.15) is 51.4 Å². The molecule has 8 heteroatoms. The van der Waals surface area contributed by atoms with Crippen molar-refractivity contribution in [2.45, 2.75) is 62.7 Å². The van der Waals surface area contributed by atoms with Gasteiger partial charge in [0, 0.05) is 19.1 Å². The zero-order valence-corrected chi connectivity index (χ0v) is 14.0. The molecule has 0 aromatic carbocycles. The van der Waals surface area contributed by atoms with E-state index in [9.17, 15) is 23.1 Å². The predicted molar refractivity (Wildman–Crippen MR) is 83.2 cm³/mol. The lowest BCUT2D eigenvalue weighted by Crippen LogP contribution is -2.52. The van der Waals surface area contributed by atoms with Crippen LogP contribution in [0.5, 0.6) is 0 Å². The summed E-state index contributed by atoms with van der Waals surface area (Å²) in [5.41, 5.74) is -1.29. The standard InChI is InChI=1S/C15H24N2O5S/c18-13(15(7-8-15)14(19)20)17-9-3-6-12(10-17)23(21,22)16-11-4-1-2-5-11/h11-12,16H,1-10H2,(H,19,20). The molecule has 1 amide bonds. The molecule has 0 aromatic heterocycles. The first-order valence-electron chi connectivity index (χ1n) is 8.39. The number of nitrogens with one attached hydrogen (secondary N) is 1. The molecular weight excluding hydrogens is 320 g/mol. The summed E-state index contributed by atoms with van der Waals surface area (Å²) < 4.78 is 27.9. The van der Waals surface area contributed by atoms with E-state index in [1.54, 1.807) is 0 Å².